The molecule has 0 saturated heterocycles. The van der Waals surface area contributed by atoms with Crippen molar-refractivity contribution >= 4 is 22.6 Å². The average molecular weight is 339 g/mol. The van der Waals surface area contributed by atoms with Crippen molar-refractivity contribution < 1.29 is 4.74 Å². The Balaban J connectivity index is 2.05. The fourth-order valence-corrected chi connectivity index (χ4v) is 1.88. The largest absolute Gasteiger partial charge is 0.457 e. The van der Waals surface area contributed by atoms with Crippen LogP contribution < -0.4 is 10.1 Å². The zero-order valence-corrected chi connectivity index (χ0v) is 11.8. The Hall–Kier alpha value is -1.07. The molecule has 0 saturated carbocycles. The van der Waals surface area contributed by atoms with E-state index in [0.717, 1.165) is 18.0 Å². The van der Waals surface area contributed by atoms with E-state index in [1.165, 1.54) is 9.13 Å². The molecule has 3 heteroatoms. The van der Waals surface area contributed by atoms with Gasteiger partial charge in [0.05, 0.1) is 0 Å². The topological polar surface area (TPSA) is 21.3 Å². The summed E-state index contributed by atoms with van der Waals surface area (Å²) in [5.74, 6) is 1.73. The van der Waals surface area contributed by atoms with Crippen LogP contribution in [0, 0.1) is 3.57 Å². The predicted octanol–water partition coefficient (Wildman–Crippen LogP) is 3.80. The number of benzene rings is 2. The van der Waals surface area contributed by atoms with E-state index >= 15 is 0 Å². The molecule has 17 heavy (non-hydrogen) atoms. The Morgan fingerprint density at radius 2 is 1.47 bits per heavy atom. The van der Waals surface area contributed by atoms with E-state index < -0.39 is 0 Å². The Morgan fingerprint density at radius 3 is 2.00 bits per heavy atom. The molecule has 0 aliphatic rings. The van der Waals surface area contributed by atoms with Gasteiger partial charge >= 0.3 is 0 Å². The number of halogens is 1. The molecule has 0 radical (unpaired) electrons. The quantitative estimate of drug-likeness (QED) is 0.856. The van der Waals surface area contributed by atoms with Crippen LogP contribution >= 0.6 is 22.6 Å². The highest BCUT2D eigenvalue weighted by atomic mass is 127. The summed E-state index contributed by atoms with van der Waals surface area (Å²) < 4.78 is 6.95. The van der Waals surface area contributed by atoms with Gasteiger partial charge in [-0.15, -0.1) is 0 Å². The van der Waals surface area contributed by atoms with E-state index in [-0.39, 0.29) is 0 Å². The first-order chi connectivity index (χ1) is 8.28. The molecule has 1 N–H and O–H groups in total. The van der Waals surface area contributed by atoms with Crippen LogP contribution in [0.3, 0.4) is 0 Å². The summed E-state index contributed by atoms with van der Waals surface area (Å²) in [5, 5.41) is 3.12. The van der Waals surface area contributed by atoms with E-state index in [1.807, 2.05) is 43.4 Å². The number of hydrogen-bond donors (Lipinski definition) is 1. The Morgan fingerprint density at radius 1 is 0.941 bits per heavy atom. The molecule has 2 aromatic carbocycles. The lowest BCUT2D eigenvalue weighted by Gasteiger charge is -2.06. The number of nitrogens with one attached hydrogen (secondary N) is 1. The molecule has 88 valence electrons. The van der Waals surface area contributed by atoms with Crippen LogP contribution in [-0.2, 0) is 6.54 Å². The first-order valence-corrected chi connectivity index (χ1v) is 6.53. The highest BCUT2D eigenvalue weighted by Gasteiger charge is 1.97. The second kappa shape index (κ2) is 6.02. The van der Waals surface area contributed by atoms with Crippen LogP contribution in [0.2, 0.25) is 0 Å². The molecule has 0 fully saturated rings. The SMILES string of the molecule is CNCc1ccc(Oc2ccc(I)cc2)cc1. The Labute approximate surface area is 115 Å². The number of ether oxygens (including phenoxy) is 1. The van der Waals surface area contributed by atoms with Crippen molar-refractivity contribution in [1.29, 1.82) is 0 Å². The number of rotatable bonds is 4. The van der Waals surface area contributed by atoms with Gasteiger partial charge in [-0.3, -0.25) is 0 Å². The molecule has 0 bridgehead atoms. The lowest BCUT2D eigenvalue weighted by Crippen LogP contribution is -2.04. The molecular formula is C14H14INO. The van der Waals surface area contributed by atoms with Crippen molar-refractivity contribution in [3.05, 3.63) is 57.7 Å². The normalized spacial score (nSPS) is 10.2. The van der Waals surface area contributed by atoms with Gasteiger partial charge < -0.3 is 10.1 Å². The summed E-state index contributed by atoms with van der Waals surface area (Å²) in [5.41, 5.74) is 1.25. The minimum atomic E-state index is 0.867. The van der Waals surface area contributed by atoms with Gasteiger partial charge in [0.2, 0.25) is 0 Å². The zero-order valence-electron chi connectivity index (χ0n) is 9.61. The molecule has 2 nitrogen and oxygen atoms in total. The van der Waals surface area contributed by atoms with Gasteiger partial charge in [0, 0.05) is 10.1 Å². The van der Waals surface area contributed by atoms with E-state index in [1.54, 1.807) is 0 Å². The summed E-state index contributed by atoms with van der Waals surface area (Å²) in [4.78, 5) is 0. The molecule has 0 amide bonds. The third-order valence-corrected chi connectivity index (χ3v) is 3.07. The van der Waals surface area contributed by atoms with Gasteiger partial charge in [-0.1, -0.05) is 12.1 Å². The molecule has 0 unspecified atom stereocenters. The molecule has 2 rings (SSSR count). The molecule has 2 aromatic rings. The summed E-state index contributed by atoms with van der Waals surface area (Å²) >= 11 is 2.28. The van der Waals surface area contributed by atoms with Crippen molar-refractivity contribution in [3.8, 4) is 11.5 Å². The molecule has 0 spiro atoms. The molecule has 0 aromatic heterocycles. The molecule has 0 heterocycles. The van der Waals surface area contributed by atoms with E-state index in [0.29, 0.717) is 0 Å². The second-order valence-corrected chi connectivity index (χ2v) is 4.98. The number of hydrogen-bond acceptors (Lipinski definition) is 2. The van der Waals surface area contributed by atoms with Crippen molar-refractivity contribution in [3.63, 3.8) is 0 Å². The van der Waals surface area contributed by atoms with Crippen LogP contribution in [0.15, 0.2) is 48.5 Å². The van der Waals surface area contributed by atoms with Crippen molar-refractivity contribution in [2.24, 2.45) is 0 Å². The third-order valence-electron chi connectivity index (χ3n) is 2.35. The average Bonchev–Trinajstić information content (AvgIpc) is 2.35. The van der Waals surface area contributed by atoms with Crippen molar-refractivity contribution in [2.75, 3.05) is 7.05 Å². The minimum absolute atomic E-state index is 0.867. The maximum absolute atomic E-state index is 5.74. The van der Waals surface area contributed by atoms with Crippen LogP contribution in [0.5, 0.6) is 11.5 Å². The second-order valence-electron chi connectivity index (χ2n) is 3.73. The molecule has 0 atom stereocenters. The summed E-state index contributed by atoms with van der Waals surface area (Å²) in [6.07, 6.45) is 0. The van der Waals surface area contributed by atoms with E-state index in [9.17, 15) is 0 Å². The minimum Gasteiger partial charge on any atom is -0.457 e. The van der Waals surface area contributed by atoms with Crippen LogP contribution in [0.1, 0.15) is 5.56 Å². The fourth-order valence-electron chi connectivity index (χ4n) is 1.52. The lowest BCUT2D eigenvalue weighted by atomic mass is 10.2. The molecule has 0 aliphatic heterocycles. The first-order valence-electron chi connectivity index (χ1n) is 5.45. The van der Waals surface area contributed by atoms with Gasteiger partial charge in [-0.25, -0.2) is 0 Å². The van der Waals surface area contributed by atoms with E-state index in [2.05, 4.69) is 40.0 Å². The Bertz CT molecular complexity index is 465. The summed E-state index contributed by atoms with van der Waals surface area (Å²) in [7, 11) is 1.94. The highest BCUT2D eigenvalue weighted by molar-refractivity contribution is 14.1. The summed E-state index contributed by atoms with van der Waals surface area (Å²) in [6, 6.07) is 16.1. The maximum atomic E-state index is 5.74. The van der Waals surface area contributed by atoms with Gasteiger partial charge in [0.25, 0.3) is 0 Å². The van der Waals surface area contributed by atoms with Gasteiger partial charge in [0.15, 0.2) is 0 Å². The smallest absolute Gasteiger partial charge is 0.127 e. The van der Waals surface area contributed by atoms with Crippen LogP contribution in [-0.4, -0.2) is 7.05 Å². The van der Waals surface area contributed by atoms with Crippen molar-refractivity contribution in [1.82, 2.24) is 5.32 Å². The van der Waals surface area contributed by atoms with Crippen LogP contribution in [0.25, 0.3) is 0 Å². The fraction of sp³-hybridized carbons (Fsp3) is 0.143. The summed E-state index contributed by atoms with van der Waals surface area (Å²) in [6.45, 7) is 0.879. The third kappa shape index (κ3) is 3.71. The Kier molecular flexibility index (Phi) is 4.39. The highest BCUT2D eigenvalue weighted by Crippen LogP contribution is 2.22. The zero-order chi connectivity index (χ0) is 12.1. The monoisotopic (exact) mass is 339 g/mol. The van der Waals surface area contributed by atoms with Gasteiger partial charge in [-0.05, 0) is 71.6 Å². The standard InChI is InChI=1S/C14H14INO/c1-16-10-11-2-6-13(7-3-11)17-14-8-4-12(15)5-9-14/h2-9,16H,10H2,1H3. The van der Waals surface area contributed by atoms with Gasteiger partial charge in [-0.2, -0.15) is 0 Å². The van der Waals surface area contributed by atoms with Crippen LogP contribution in [0.4, 0.5) is 0 Å². The van der Waals surface area contributed by atoms with Gasteiger partial charge in [0.1, 0.15) is 11.5 Å². The first kappa shape index (κ1) is 12.4. The molecule has 0 aliphatic carbocycles. The van der Waals surface area contributed by atoms with Crippen molar-refractivity contribution in [2.45, 2.75) is 6.54 Å². The van der Waals surface area contributed by atoms with E-state index in [4.69, 9.17) is 4.74 Å². The lowest BCUT2D eigenvalue weighted by molar-refractivity contribution is 0.482. The predicted molar refractivity (Wildman–Crippen MR) is 78.4 cm³/mol. The maximum Gasteiger partial charge on any atom is 0.127 e. The molecular weight excluding hydrogens is 325 g/mol.